The maximum absolute atomic E-state index is 12.0. The molecule has 0 saturated carbocycles. The molecule has 7 nitrogen and oxygen atoms in total. The SMILES string of the molecule is Cc1ccc(C(=O)Nc2nc(-c3c[nH]c(C(N)=O)c3)cs2)o1. The number of nitrogens with zero attached hydrogens (tertiary/aromatic N) is 1. The van der Waals surface area contributed by atoms with Crippen molar-refractivity contribution in [1.82, 2.24) is 9.97 Å². The number of hydrogen-bond donors (Lipinski definition) is 3. The summed E-state index contributed by atoms with van der Waals surface area (Å²) in [4.78, 5) is 30.1. The predicted molar refractivity (Wildman–Crippen MR) is 81.8 cm³/mol. The second-order valence-electron chi connectivity index (χ2n) is 4.57. The fraction of sp³-hybridized carbons (Fsp3) is 0.0714. The van der Waals surface area contributed by atoms with Crippen molar-refractivity contribution in [3.05, 3.63) is 47.0 Å². The lowest BCUT2D eigenvalue weighted by Crippen LogP contribution is -2.10. The molecule has 0 radical (unpaired) electrons. The highest BCUT2D eigenvalue weighted by Crippen LogP contribution is 2.25. The Morgan fingerprint density at radius 2 is 2.23 bits per heavy atom. The van der Waals surface area contributed by atoms with Gasteiger partial charge in [0.25, 0.3) is 11.8 Å². The number of thiazole rings is 1. The first kappa shape index (κ1) is 14.1. The number of H-pyrrole nitrogens is 1. The van der Waals surface area contributed by atoms with E-state index in [1.54, 1.807) is 36.7 Å². The van der Waals surface area contributed by atoms with Crippen molar-refractivity contribution in [2.24, 2.45) is 5.73 Å². The molecular weight excluding hydrogens is 304 g/mol. The number of carbonyl (C=O) groups is 2. The average Bonchev–Trinajstić information content (AvgIpc) is 3.16. The smallest absolute Gasteiger partial charge is 0.293 e. The van der Waals surface area contributed by atoms with Gasteiger partial charge in [-0.2, -0.15) is 0 Å². The van der Waals surface area contributed by atoms with E-state index in [9.17, 15) is 9.59 Å². The van der Waals surface area contributed by atoms with Crippen molar-refractivity contribution in [3.8, 4) is 11.3 Å². The minimum absolute atomic E-state index is 0.229. The first-order chi connectivity index (χ1) is 10.5. The van der Waals surface area contributed by atoms with E-state index in [0.29, 0.717) is 22.3 Å². The molecule has 112 valence electrons. The van der Waals surface area contributed by atoms with Crippen LogP contribution >= 0.6 is 11.3 Å². The molecule has 2 amide bonds. The molecule has 0 fully saturated rings. The molecule has 0 aliphatic rings. The fourth-order valence-corrected chi connectivity index (χ4v) is 2.58. The number of nitrogens with one attached hydrogen (secondary N) is 2. The quantitative estimate of drug-likeness (QED) is 0.685. The molecule has 22 heavy (non-hydrogen) atoms. The second kappa shape index (κ2) is 5.49. The van der Waals surface area contributed by atoms with Crippen LogP contribution in [0.1, 0.15) is 26.8 Å². The van der Waals surface area contributed by atoms with Gasteiger partial charge in [0.1, 0.15) is 11.5 Å². The number of hydrogen-bond acceptors (Lipinski definition) is 5. The maximum Gasteiger partial charge on any atom is 0.293 e. The van der Waals surface area contributed by atoms with Gasteiger partial charge in [0.15, 0.2) is 10.9 Å². The summed E-state index contributed by atoms with van der Waals surface area (Å²) < 4.78 is 5.25. The lowest BCUT2D eigenvalue weighted by atomic mass is 10.2. The van der Waals surface area contributed by atoms with E-state index in [1.807, 2.05) is 0 Å². The van der Waals surface area contributed by atoms with Crippen molar-refractivity contribution in [2.75, 3.05) is 5.32 Å². The van der Waals surface area contributed by atoms with Crippen LogP contribution in [-0.2, 0) is 0 Å². The minimum atomic E-state index is -0.539. The zero-order valence-electron chi connectivity index (χ0n) is 11.5. The molecular formula is C14H12N4O3S. The molecule has 0 atom stereocenters. The van der Waals surface area contributed by atoms with Gasteiger partial charge in [-0.15, -0.1) is 11.3 Å². The molecule has 4 N–H and O–H groups in total. The molecule has 0 aromatic carbocycles. The summed E-state index contributed by atoms with van der Waals surface area (Å²) in [7, 11) is 0. The summed E-state index contributed by atoms with van der Waals surface area (Å²) in [6.07, 6.45) is 1.64. The zero-order valence-corrected chi connectivity index (χ0v) is 12.4. The van der Waals surface area contributed by atoms with E-state index in [-0.39, 0.29) is 11.7 Å². The van der Waals surface area contributed by atoms with Crippen molar-refractivity contribution in [2.45, 2.75) is 6.92 Å². The molecule has 0 spiro atoms. The molecule has 0 bridgehead atoms. The van der Waals surface area contributed by atoms with E-state index in [1.165, 1.54) is 11.3 Å². The second-order valence-corrected chi connectivity index (χ2v) is 5.43. The number of aromatic amines is 1. The van der Waals surface area contributed by atoms with Crippen LogP contribution in [0.5, 0.6) is 0 Å². The Hall–Kier alpha value is -2.87. The van der Waals surface area contributed by atoms with Gasteiger partial charge < -0.3 is 15.1 Å². The Bertz CT molecular complexity index is 846. The van der Waals surface area contributed by atoms with Crippen molar-refractivity contribution >= 4 is 28.3 Å². The third-order valence-corrected chi connectivity index (χ3v) is 3.69. The van der Waals surface area contributed by atoms with Crippen molar-refractivity contribution in [3.63, 3.8) is 0 Å². The van der Waals surface area contributed by atoms with Gasteiger partial charge in [-0.3, -0.25) is 14.9 Å². The average molecular weight is 316 g/mol. The number of nitrogens with two attached hydrogens (primary N) is 1. The van der Waals surface area contributed by atoms with Crippen molar-refractivity contribution in [1.29, 1.82) is 0 Å². The van der Waals surface area contributed by atoms with Crippen LogP contribution in [0.25, 0.3) is 11.3 Å². The number of primary amides is 1. The predicted octanol–water partition coefficient (Wildman–Crippen LogP) is 2.39. The Labute approximate surface area is 129 Å². The van der Waals surface area contributed by atoms with E-state index >= 15 is 0 Å². The number of furan rings is 1. The van der Waals surface area contributed by atoms with Crippen LogP contribution in [0.3, 0.4) is 0 Å². The molecule has 0 saturated heterocycles. The molecule has 0 aliphatic heterocycles. The Kier molecular flexibility index (Phi) is 3.51. The molecule has 0 unspecified atom stereocenters. The lowest BCUT2D eigenvalue weighted by Gasteiger charge is -1.97. The molecule has 8 heteroatoms. The third-order valence-electron chi connectivity index (χ3n) is 2.93. The van der Waals surface area contributed by atoms with Crippen LogP contribution in [0.4, 0.5) is 5.13 Å². The largest absolute Gasteiger partial charge is 0.456 e. The van der Waals surface area contributed by atoms with E-state index < -0.39 is 5.91 Å². The van der Waals surface area contributed by atoms with E-state index in [0.717, 1.165) is 5.56 Å². The summed E-state index contributed by atoms with van der Waals surface area (Å²) >= 11 is 1.28. The number of rotatable bonds is 4. The van der Waals surface area contributed by atoms with E-state index in [4.69, 9.17) is 10.2 Å². The minimum Gasteiger partial charge on any atom is -0.456 e. The number of amides is 2. The highest BCUT2D eigenvalue weighted by Gasteiger charge is 2.14. The van der Waals surface area contributed by atoms with Crippen molar-refractivity contribution < 1.29 is 14.0 Å². The van der Waals surface area contributed by atoms with Crippen LogP contribution in [-0.4, -0.2) is 21.8 Å². The molecule has 3 heterocycles. The van der Waals surface area contributed by atoms with E-state index in [2.05, 4.69) is 15.3 Å². The number of carbonyl (C=O) groups excluding carboxylic acids is 2. The Morgan fingerprint density at radius 3 is 2.86 bits per heavy atom. The maximum atomic E-state index is 12.0. The van der Waals surface area contributed by atoms with Crippen LogP contribution in [0.15, 0.2) is 34.2 Å². The van der Waals surface area contributed by atoms with Gasteiger partial charge in [0.05, 0.1) is 5.69 Å². The topological polar surface area (TPSA) is 114 Å². The van der Waals surface area contributed by atoms with Gasteiger partial charge in [-0.1, -0.05) is 0 Å². The Morgan fingerprint density at radius 1 is 1.41 bits per heavy atom. The fourth-order valence-electron chi connectivity index (χ4n) is 1.86. The summed E-state index contributed by atoms with van der Waals surface area (Å²) in [5, 5.41) is 4.88. The van der Waals surface area contributed by atoms with Gasteiger partial charge >= 0.3 is 0 Å². The highest BCUT2D eigenvalue weighted by atomic mass is 32.1. The standard InChI is InChI=1S/C14H12N4O3S/c1-7-2-3-11(21-7)13(20)18-14-17-10(6-22-14)8-4-9(12(15)19)16-5-8/h2-6,16H,1H3,(H2,15,19)(H,17,18,20). The lowest BCUT2D eigenvalue weighted by molar-refractivity contribution is 0.0988. The number of aromatic nitrogens is 2. The third kappa shape index (κ3) is 2.77. The Balaban J connectivity index is 1.75. The normalized spacial score (nSPS) is 10.6. The van der Waals surface area contributed by atoms with Crippen LogP contribution < -0.4 is 11.1 Å². The molecule has 3 aromatic rings. The monoisotopic (exact) mass is 316 g/mol. The van der Waals surface area contributed by atoms with Gasteiger partial charge in [-0.05, 0) is 25.1 Å². The van der Waals surface area contributed by atoms with Crippen LogP contribution in [0, 0.1) is 6.92 Å². The summed E-state index contributed by atoms with van der Waals surface area (Å²) in [5.74, 6) is -0.00715. The first-order valence-corrected chi connectivity index (χ1v) is 7.23. The van der Waals surface area contributed by atoms with Crippen LogP contribution in [0.2, 0.25) is 0 Å². The van der Waals surface area contributed by atoms with Gasteiger partial charge in [-0.25, -0.2) is 4.98 Å². The molecule has 3 aromatic heterocycles. The van der Waals surface area contributed by atoms with Gasteiger partial charge in [0, 0.05) is 17.1 Å². The molecule has 3 rings (SSSR count). The number of anilines is 1. The zero-order chi connectivity index (χ0) is 15.7. The highest BCUT2D eigenvalue weighted by molar-refractivity contribution is 7.14. The summed E-state index contributed by atoms with van der Waals surface area (Å²) in [6.45, 7) is 1.76. The summed E-state index contributed by atoms with van der Waals surface area (Å²) in [6, 6.07) is 4.93. The van der Waals surface area contributed by atoms with Gasteiger partial charge in [0.2, 0.25) is 0 Å². The molecule has 0 aliphatic carbocycles. The summed E-state index contributed by atoms with van der Waals surface area (Å²) in [5.41, 5.74) is 6.85. The number of aryl methyl sites for hydroxylation is 1. The first-order valence-electron chi connectivity index (χ1n) is 6.35.